The van der Waals surface area contributed by atoms with Crippen LogP contribution in [0.2, 0.25) is 0 Å². The molecule has 2 aromatic carbocycles. The van der Waals surface area contributed by atoms with Gasteiger partial charge in [-0.3, -0.25) is 4.79 Å². The first kappa shape index (κ1) is 20.4. The van der Waals surface area contributed by atoms with Crippen molar-refractivity contribution in [1.29, 1.82) is 0 Å². The van der Waals surface area contributed by atoms with E-state index in [-0.39, 0.29) is 12.5 Å². The van der Waals surface area contributed by atoms with Gasteiger partial charge in [0, 0.05) is 25.2 Å². The van der Waals surface area contributed by atoms with E-state index in [1.165, 1.54) is 43.4 Å². The number of halogens is 3. The van der Waals surface area contributed by atoms with Gasteiger partial charge in [0.2, 0.25) is 5.91 Å². The summed E-state index contributed by atoms with van der Waals surface area (Å²) in [5.41, 5.74) is 0.549. The molecule has 144 valence electrons. The highest BCUT2D eigenvalue weighted by Gasteiger charge is 2.29. The van der Waals surface area contributed by atoms with Gasteiger partial charge in [-0.05, 0) is 29.8 Å². The molecule has 2 rings (SSSR count). The highest BCUT2D eigenvalue weighted by molar-refractivity contribution is 5.91. The summed E-state index contributed by atoms with van der Waals surface area (Å²) >= 11 is 0. The molecular weight excluding hydrogens is 359 g/mol. The van der Waals surface area contributed by atoms with E-state index in [0.717, 1.165) is 17.7 Å². The molecule has 0 saturated carbocycles. The number of rotatable bonds is 6. The minimum atomic E-state index is -4.38. The number of carbonyl (C=O) groups is 1. The number of ether oxygens (including phenoxy) is 2. The molecule has 0 radical (unpaired) electrons. The number of nitrogens with zero attached hydrogens (tertiary/aromatic N) is 1. The number of benzene rings is 2. The Kier molecular flexibility index (Phi) is 6.50. The number of methoxy groups -OCH3 is 2. The smallest absolute Gasteiger partial charge is 0.416 e. The van der Waals surface area contributed by atoms with Crippen molar-refractivity contribution in [2.24, 2.45) is 0 Å². The normalized spacial score (nSPS) is 11.5. The fourth-order valence-corrected chi connectivity index (χ4v) is 2.49. The van der Waals surface area contributed by atoms with Gasteiger partial charge in [0.15, 0.2) is 11.5 Å². The lowest BCUT2D eigenvalue weighted by Crippen LogP contribution is -2.24. The van der Waals surface area contributed by atoms with E-state index in [1.54, 1.807) is 19.2 Å². The maximum Gasteiger partial charge on any atom is 0.416 e. The fraction of sp³-hybridized carbons (Fsp3) is 0.250. The second-order valence-corrected chi connectivity index (χ2v) is 5.80. The van der Waals surface area contributed by atoms with Crippen molar-refractivity contribution in [3.8, 4) is 11.5 Å². The Labute approximate surface area is 155 Å². The summed E-state index contributed by atoms with van der Waals surface area (Å²) in [7, 11) is 4.68. The van der Waals surface area contributed by atoms with Crippen LogP contribution >= 0.6 is 0 Å². The van der Waals surface area contributed by atoms with Gasteiger partial charge in [-0.2, -0.15) is 13.2 Å². The van der Waals surface area contributed by atoms with Crippen LogP contribution in [0, 0.1) is 0 Å². The number of likely N-dealkylation sites (N-methyl/N-ethyl adjacent to an activating group) is 1. The van der Waals surface area contributed by atoms with Gasteiger partial charge >= 0.3 is 6.18 Å². The SMILES string of the molecule is COc1cccc(CN(C)C(=O)C=Cc2ccc(C(F)(F)F)cc2)c1OC. The minimum Gasteiger partial charge on any atom is -0.493 e. The summed E-state index contributed by atoms with van der Waals surface area (Å²) in [5, 5.41) is 0. The van der Waals surface area contributed by atoms with Gasteiger partial charge in [0.05, 0.1) is 19.8 Å². The standard InChI is InChI=1S/C20H20F3NO3/c1-24(13-15-5-4-6-17(26-2)19(15)27-3)18(25)12-9-14-7-10-16(11-8-14)20(21,22)23/h4-12H,13H2,1-3H3. The summed E-state index contributed by atoms with van der Waals surface area (Å²) in [4.78, 5) is 13.8. The van der Waals surface area contributed by atoms with Gasteiger partial charge in [0.1, 0.15) is 0 Å². The molecule has 0 saturated heterocycles. The van der Waals surface area contributed by atoms with Crippen LogP contribution in [-0.4, -0.2) is 32.1 Å². The van der Waals surface area contributed by atoms with Gasteiger partial charge in [-0.25, -0.2) is 0 Å². The predicted octanol–water partition coefficient (Wildman–Crippen LogP) is 4.39. The Hall–Kier alpha value is -2.96. The van der Waals surface area contributed by atoms with Gasteiger partial charge in [0.25, 0.3) is 0 Å². The summed E-state index contributed by atoms with van der Waals surface area (Å²) in [6.07, 6.45) is -1.59. The first-order valence-electron chi connectivity index (χ1n) is 8.06. The lowest BCUT2D eigenvalue weighted by molar-refractivity contribution is -0.137. The average Bonchev–Trinajstić information content (AvgIpc) is 2.65. The molecule has 7 heteroatoms. The Balaban J connectivity index is 2.07. The van der Waals surface area contributed by atoms with E-state index in [4.69, 9.17) is 9.47 Å². The molecule has 0 bridgehead atoms. The third-order valence-electron chi connectivity index (χ3n) is 3.92. The highest BCUT2D eigenvalue weighted by Crippen LogP contribution is 2.31. The predicted molar refractivity (Wildman–Crippen MR) is 96.5 cm³/mol. The maximum atomic E-state index is 12.6. The van der Waals surface area contributed by atoms with E-state index >= 15 is 0 Å². The van der Waals surface area contributed by atoms with Crippen molar-refractivity contribution in [1.82, 2.24) is 4.90 Å². The number of hydrogen-bond donors (Lipinski definition) is 0. The van der Waals surface area contributed by atoms with Crippen molar-refractivity contribution in [3.05, 3.63) is 65.2 Å². The second kappa shape index (κ2) is 8.62. The van der Waals surface area contributed by atoms with Crippen LogP contribution in [0.25, 0.3) is 6.08 Å². The largest absolute Gasteiger partial charge is 0.493 e. The van der Waals surface area contributed by atoms with Crippen LogP contribution < -0.4 is 9.47 Å². The molecule has 0 aliphatic heterocycles. The molecule has 0 aliphatic carbocycles. The molecule has 0 N–H and O–H groups in total. The van der Waals surface area contributed by atoms with E-state index in [0.29, 0.717) is 17.1 Å². The summed E-state index contributed by atoms with van der Waals surface area (Å²) in [6, 6.07) is 9.98. The van der Waals surface area contributed by atoms with E-state index < -0.39 is 11.7 Å². The number of carbonyl (C=O) groups excluding carboxylic acids is 1. The highest BCUT2D eigenvalue weighted by atomic mass is 19.4. The number of amides is 1. The summed E-state index contributed by atoms with van der Waals surface area (Å²) < 4.78 is 48.3. The Morgan fingerprint density at radius 1 is 1.07 bits per heavy atom. The molecule has 0 unspecified atom stereocenters. The lowest BCUT2D eigenvalue weighted by atomic mass is 10.1. The molecule has 0 spiro atoms. The van der Waals surface area contributed by atoms with Crippen molar-refractivity contribution < 1.29 is 27.4 Å². The van der Waals surface area contributed by atoms with Gasteiger partial charge < -0.3 is 14.4 Å². The summed E-state index contributed by atoms with van der Waals surface area (Å²) in [6.45, 7) is 0.288. The van der Waals surface area contributed by atoms with Crippen LogP contribution in [-0.2, 0) is 17.5 Å². The average molecular weight is 379 g/mol. The zero-order valence-electron chi connectivity index (χ0n) is 15.2. The first-order valence-corrected chi connectivity index (χ1v) is 8.06. The van der Waals surface area contributed by atoms with Crippen molar-refractivity contribution in [2.75, 3.05) is 21.3 Å². The molecule has 2 aromatic rings. The molecule has 4 nitrogen and oxygen atoms in total. The summed E-state index contributed by atoms with van der Waals surface area (Å²) in [5.74, 6) is 0.822. The number of hydrogen-bond acceptors (Lipinski definition) is 3. The Morgan fingerprint density at radius 2 is 1.74 bits per heavy atom. The molecule has 1 amide bonds. The molecule has 0 fully saturated rings. The molecule has 0 heterocycles. The zero-order chi connectivity index (χ0) is 20.0. The fourth-order valence-electron chi connectivity index (χ4n) is 2.49. The van der Waals surface area contributed by atoms with Gasteiger partial charge in [-0.1, -0.05) is 24.3 Å². The Morgan fingerprint density at radius 3 is 2.30 bits per heavy atom. The van der Waals surface area contributed by atoms with Crippen molar-refractivity contribution in [2.45, 2.75) is 12.7 Å². The van der Waals surface area contributed by atoms with Crippen molar-refractivity contribution in [3.63, 3.8) is 0 Å². The van der Waals surface area contributed by atoms with E-state index in [2.05, 4.69) is 0 Å². The topological polar surface area (TPSA) is 38.8 Å². The van der Waals surface area contributed by atoms with Crippen LogP contribution in [0.1, 0.15) is 16.7 Å². The third-order valence-corrected chi connectivity index (χ3v) is 3.92. The first-order chi connectivity index (χ1) is 12.8. The number of alkyl halides is 3. The second-order valence-electron chi connectivity index (χ2n) is 5.80. The van der Waals surface area contributed by atoms with Crippen LogP contribution in [0.4, 0.5) is 13.2 Å². The minimum absolute atomic E-state index is 0.288. The van der Waals surface area contributed by atoms with Crippen LogP contribution in [0.3, 0.4) is 0 Å². The lowest BCUT2D eigenvalue weighted by Gasteiger charge is -2.18. The van der Waals surface area contributed by atoms with E-state index in [1.807, 2.05) is 6.07 Å². The van der Waals surface area contributed by atoms with Crippen molar-refractivity contribution >= 4 is 12.0 Å². The quantitative estimate of drug-likeness (QED) is 0.699. The van der Waals surface area contributed by atoms with E-state index in [9.17, 15) is 18.0 Å². The van der Waals surface area contributed by atoms with Gasteiger partial charge in [-0.15, -0.1) is 0 Å². The third kappa shape index (κ3) is 5.26. The molecule has 0 aromatic heterocycles. The van der Waals surface area contributed by atoms with Crippen LogP contribution in [0.5, 0.6) is 11.5 Å². The monoisotopic (exact) mass is 379 g/mol. The molecule has 0 aliphatic rings. The number of para-hydroxylation sites is 1. The zero-order valence-corrected chi connectivity index (χ0v) is 15.2. The molecular formula is C20H20F3NO3. The molecule has 0 atom stereocenters. The maximum absolute atomic E-state index is 12.6. The van der Waals surface area contributed by atoms with Crippen LogP contribution in [0.15, 0.2) is 48.5 Å². The Bertz CT molecular complexity index is 814. The molecule has 27 heavy (non-hydrogen) atoms.